The summed E-state index contributed by atoms with van der Waals surface area (Å²) < 4.78 is 5.03. The molecule has 0 bridgehead atoms. The van der Waals surface area contributed by atoms with Crippen molar-refractivity contribution in [3.63, 3.8) is 0 Å². The number of nitrogens with one attached hydrogen (secondary N) is 1. The second-order valence-electron chi connectivity index (χ2n) is 5.51. The average molecular weight is 335 g/mol. The Morgan fingerprint density at radius 2 is 1.64 bits per heavy atom. The zero-order chi connectivity index (χ0) is 17.6. The summed E-state index contributed by atoms with van der Waals surface area (Å²) in [6, 6.07) is 19.7. The summed E-state index contributed by atoms with van der Waals surface area (Å²) in [5.41, 5.74) is 1.70. The lowest BCUT2D eigenvalue weighted by Gasteiger charge is -2.09. The molecule has 126 valence electrons. The SMILES string of the molecule is O=C(COC(=O)c1ccc(CO)cc1)Nc1cccc2ccccc12. The first-order valence-electron chi connectivity index (χ1n) is 7.82. The quantitative estimate of drug-likeness (QED) is 0.703. The summed E-state index contributed by atoms with van der Waals surface area (Å²) in [7, 11) is 0. The van der Waals surface area contributed by atoms with Crippen LogP contribution in [0.5, 0.6) is 0 Å². The largest absolute Gasteiger partial charge is 0.452 e. The zero-order valence-electron chi connectivity index (χ0n) is 13.4. The fraction of sp³-hybridized carbons (Fsp3) is 0.100. The fourth-order valence-corrected chi connectivity index (χ4v) is 2.48. The van der Waals surface area contributed by atoms with E-state index in [-0.39, 0.29) is 13.2 Å². The summed E-state index contributed by atoms with van der Waals surface area (Å²) >= 11 is 0. The Bertz CT molecular complexity index is 898. The molecule has 5 heteroatoms. The van der Waals surface area contributed by atoms with E-state index >= 15 is 0 Å². The molecule has 1 amide bonds. The van der Waals surface area contributed by atoms with Gasteiger partial charge in [-0.2, -0.15) is 0 Å². The minimum Gasteiger partial charge on any atom is -0.452 e. The van der Waals surface area contributed by atoms with Crippen LogP contribution in [0.15, 0.2) is 66.7 Å². The highest BCUT2D eigenvalue weighted by Gasteiger charge is 2.11. The maximum absolute atomic E-state index is 12.1. The Hall–Kier alpha value is -3.18. The van der Waals surface area contributed by atoms with Gasteiger partial charge in [-0.05, 0) is 29.1 Å². The Morgan fingerprint density at radius 1 is 0.920 bits per heavy atom. The summed E-state index contributed by atoms with van der Waals surface area (Å²) in [6.45, 7) is -0.466. The number of rotatable bonds is 5. The molecule has 0 fully saturated rings. The van der Waals surface area contributed by atoms with Crippen molar-refractivity contribution in [2.24, 2.45) is 0 Å². The topological polar surface area (TPSA) is 75.6 Å². The van der Waals surface area contributed by atoms with E-state index in [0.29, 0.717) is 16.8 Å². The molecule has 0 radical (unpaired) electrons. The van der Waals surface area contributed by atoms with Gasteiger partial charge in [0.05, 0.1) is 12.2 Å². The summed E-state index contributed by atoms with van der Waals surface area (Å²) in [5, 5.41) is 13.7. The molecule has 5 nitrogen and oxygen atoms in total. The van der Waals surface area contributed by atoms with Crippen molar-refractivity contribution in [1.29, 1.82) is 0 Å². The fourth-order valence-electron chi connectivity index (χ4n) is 2.48. The van der Waals surface area contributed by atoms with Crippen molar-refractivity contribution < 1.29 is 19.4 Å². The van der Waals surface area contributed by atoms with Gasteiger partial charge in [-0.25, -0.2) is 4.79 Å². The van der Waals surface area contributed by atoms with Crippen molar-refractivity contribution in [1.82, 2.24) is 0 Å². The van der Waals surface area contributed by atoms with Crippen molar-refractivity contribution in [3.8, 4) is 0 Å². The zero-order valence-corrected chi connectivity index (χ0v) is 13.4. The number of carbonyl (C=O) groups is 2. The van der Waals surface area contributed by atoms with E-state index in [0.717, 1.165) is 10.8 Å². The smallest absolute Gasteiger partial charge is 0.338 e. The van der Waals surface area contributed by atoms with Gasteiger partial charge in [0.25, 0.3) is 5.91 Å². The van der Waals surface area contributed by atoms with E-state index in [2.05, 4.69) is 5.32 Å². The van der Waals surface area contributed by atoms with E-state index in [9.17, 15) is 9.59 Å². The number of anilines is 1. The number of carbonyl (C=O) groups excluding carboxylic acids is 2. The van der Waals surface area contributed by atoms with Gasteiger partial charge >= 0.3 is 5.97 Å². The third-order valence-corrected chi connectivity index (χ3v) is 3.77. The van der Waals surface area contributed by atoms with E-state index in [1.807, 2.05) is 36.4 Å². The lowest BCUT2D eigenvalue weighted by molar-refractivity contribution is -0.119. The first-order chi connectivity index (χ1) is 12.2. The van der Waals surface area contributed by atoms with E-state index in [4.69, 9.17) is 9.84 Å². The number of aliphatic hydroxyl groups is 1. The number of amides is 1. The third kappa shape index (κ3) is 4.02. The highest BCUT2D eigenvalue weighted by atomic mass is 16.5. The Kier molecular flexibility index (Phi) is 5.06. The van der Waals surface area contributed by atoms with Crippen molar-refractivity contribution in [2.75, 3.05) is 11.9 Å². The molecule has 0 aliphatic heterocycles. The first kappa shape index (κ1) is 16.7. The number of hydrogen-bond acceptors (Lipinski definition) is 4. The minimum atomic E-state index is -0.586. The second kappa shape index (κ2) is 7.59. The lowest BCUT2D eigenvalue weighted by Crippen LogP contribution is -2.21. The van der Waals surface area contributed by atoms with Gasteiger partial charge in [-0.15, -0.1) is 0 Å². The van der Waals surface area contributed by atoms with Gasteiger partial charge in [0.2, 0.25) is 0 Å². The molecule has 0 spiro atoms. The predicted molar refractivity (Wildman–Crippen MR) is 95.2 cm³/mol. The molecule has 3 aromatic carbocycles. The maximum atomic E-state index is 12.1. The Labute approximate surface area is 144 Å². The Balaban J connectivity index is 1.61. The van der Waals surface area contributed by atoms with Crippen LogP contribution in [0, 0.1) is 0 Å². The predicted octanol–water partition coefficient (Wildman–Crippen LogP) is 3.13. The number of benzene rings is 3. The molecule has 3 aromatic rings. The van der Waals surface area contributed by atoms with Crippen molar-refractivity contribution in [3.05, 3.63) is 77.9 Å². The monoisotopic (exact) mass is 335 g/mol. The van der Waals surface area contributed by atoms with Crippen LogP contribution in [-0.2, 0) is 16.1 Å². The molecule has 0 heterocycles. The van der Waals surface area contributed by atoms with Crippen LogP contribution < -0.4 is 5.32 Å². The summed E-state index contributed by atoms with van der Waals surface area (Å²) in [5.74, 6) is -0.991. The lowest BCUT2D eigenvalue weighted by atomic mass is 10.1. The first-order valence-corrected chi connectivity index (χ1v) is 7.82. The number of aliphatic hydroxyl groups excluding tert-OH is 1. The highest BCUT2D eigenvalue weighted by molar-refractivity contribution is 6.03. The molecular weight excluding hydrogens is 318 g/mol. The van der Waals surface area contributed by atoms with Crippen LogP contribution in [0.25, 0.3) is 10.8 Å². The molecule has 2 N–H and O–H groups in total. The van der Waals surface area contributed by atoms with Crippen LogP contribution >= 0.6 is 0 Å². The van der Waals surface area contributed by atoms with Gasteiger partial charge < -0.3 is 15.2 Å². The average Bonchev–Trinajstić information content (AvgIpc) is 2.66. The molecule has 3 rings (SSSR count). The van der Waals surface area contributed by atoms with E-state index in [1.165, 1.54) is 0 Å². The molecule has 0 aliphatic carbocycles. The van der Waals surface area contributed by atoms with Gasteiger partial charge in [0.1, 0.15) is 0 Å². The summed E-state index contributed by atoms with van der Waals surface area (Å²) in [6.07, 6.45) is 0. The van der Waals surface area contributed by atoms with Crippen molar-refractivity contribution >= 4 is 28.3 Å². The molecule has 25 heavy (non-hydrogen) atoms. The number of ether oxygens (including phenoxy) is 1. The van der Waals surface area contributed by atoms with Crippen LogP contribution in [0.3, 0.4) is 0 Å². The third-order valence-electron chi connectivity index (χ3n) is 3.77. The number of hydrogen-bond donors (Lipinski definition) is 2. The maximum Gasteiger partial charge on any atom is 0.338 e. The highest BCUT2D eigenvalue weighted by Crippen LogP contribution is 2.22. The molecule has 0 atom stereocenters. The van der Waals surface area contributed by atoms with Gasteiger partial charge in [0.15, 0.2) is 6.61 Å². The van der Waals surface area contributed by atoms with E-state index < -0.39 is 11.9 Å². The van der Waals surface area contributed by atoms with Gasteiger partial charge in [0, 0.05) is 11.1 Å². The van der Waals surface area contributed by atoms with Crippen LogP contribution in [-0.4, -0.2) is 23.6 Å². The normalized spacial score (nSPS) is 10.4. The molecule has 0 saturated carbocycles. The molecule has 0 aromatic heterocycles. The number of esters is 1. The van der Waals surface area contributed by atoms with Crippen molar-refractivity contribution in [2.45, 2.75) is 6.61 Å². The summed E-state index contributed by atoms with van der Waals surface area (Å²) in [4.78, 5) is 24.0. The van der Waals surface area contributed by atoms with Gasteiger partial charge in [-0.1, -0.05) is 48.5 Å². The molecular formula is C20H17NO4. The van der Waals surface area contributed by atoms with E-state index in [1.54, 1.807) is 30.3 Å². The van der Waals surface area contributed by atoms with Crippen LogP contribution in [0.2, 0.25) is 0 Å². The number of fused-ring (bicyclic) bond motifs is 1. The molecule has 0 saturated heterocycles. The van der Waals surface area contributed by atoms with Crippen LogP contribution in [0.1, 0.15) is 15.9 Å². The van der Waals surface area contributed by atoms with Crippen LogP contribution in [0.4, 0.5) is 5.69 Å². The Morgan fingerprint density at radius 3 is 2.40 bits per heavy atom. The second-order valence-corrected chi connectivity index (χ2v) is 5.51. The molecule has 0 aliphatic rings. The standard InChI is InChI=1S/C20H17NO4/c22-12-14-8-10-16(11-9-14)20(24)25-13-19(23)21-18-7-3-5-15-4-1-2-6-17(15)18/h1-11,22H,12-13H2,(H,21,23). The minimum absolute atomic E-state index is 0.0945. The van der Waals surface area contributed by atoms with Gasteiger partial charge in [-0.3, -0.25) is 4.79 Å². The molecule has 0 unspecified atom stereocenters.